The van der Waals surface area contributed by atoms with Gasteiger partial charge in [0, 0.05) is 13.1 Å². The van der Waals surface area contributed by atoms with E-state index in [1.165, 1.54) is 0 Å². The second-order valence-electron chi connectivity index (χ2n) is 4.18. The van der Waals surface area contributed by atoms with E-state index in [-0.39, 0.29) is 0 Å². The molecule has 1 atom stereocenters. The Morgan fingerprint density at radius 1 is 0.750 bits per heavy atom. The zero-order valence-electron chi connectivity index (χ0n) is 12.7. The molecule has 0 aliphatic carbocycles. The molecule has 0 aromatic heterocycles. The minimum absolute atomic E-state index is 0.491. The normalized spacial score (nSPS) is 12.8. The molecule has 1 unspecified atom stereocenters. The summed E-state index contributed by atoms with van der Waals surface area (Å²) in [7, 11) is 1.89. The lowest BCUT2D eigenvalue weighted by Gasteiger charge is -2.09. The highest BCUT2D eigenvalue weighted by Crippen LogP contribution is 1.82. The SMILES string of the molecule is CNCCOCCOCCOCCOCCNC(C)O. The van der Waals surface area contributed by atoms with Gasteiger partial charge in [0.1, 0.15) is 6.23 Å². The first-order valence-electron chi connectivity index (χ1n) is 7.14. The van der Waals surface area contributed by atoms with Gasteiger partial charge < -0.3 is 29.4 Å². The average Bonchev–Trinajstić information content (AvgIpc) is 2.43. The van der Waals surface area contributed by atoms with E-state index in [1.54, 1.807) is 6.92 Å². The van der Waals surface area contributed by atoms with E-state index in [2.05, 4.69) is 10.6 Å². The van der Waals surface area contributed by atoms with Crippen molar-refractivity contribution in [3.63, 3.8) is 0 Å². The first kappa shape index (κ1) is 19.7. The van der Waals surface area contributed by atoms with Crippen LogP contribution >= 0.6 is 0 Å². The maximum atomic E-state index is 8.94. The quantitative estimate of drug-likeness (QED) is 0.254. The number of hydrogen-bond acceptors (Lipinski definition) is 7. The number of rotatable bonds is 16. The summed E-state index contributed by atoms with van der Waals surface area (Å²) in [4.78, 5) is 0. The Kier molecular flexibility index (Phi) is 16.5. The van der Waals surface area contributed by atoms with Crippen LogP contribution in [0.15, 0.2) is 0 Å². The second kappa shape index (κ2) is 16.8. The molecular weight excluding hydrogens is 264 g/mol. The van der Waals surface area contributed by atoms with Crippen molar-refractivity contribution in [1.82, 2.24) is 10.6 Å². The van der Waals surface area contributed by atoms with Crippen LogP contribution in [-0.4, -0.2) is 84.3 Å². The first-order valence-corrected chi connectivity index (χ1v) is 7.14. The highest BCUT2D eigenvalue weighted by Gasteiger charge is 1.94. The number of aliphatic hydroxyl groups is 1. The Labute approximate surface area is 121 Å². The van der Waals surface area contributed by atoms with Crippen molar-refractivity contribution in [2.45, 2.75) is 13.2 Å². The van der Waals surface area contributed by atoms with Crippen LogP contribution in [0.25, 0.3) is 0 Å². The summed E-state index contributed by atoms with van der Waals surface area (Å²) in [6.07, 6.45) is -0.491. The molecule has 0 fully saturated rings. The molecule has 122 valence electrons. The molecule has 0 aliphatic rings. The van der Waals surface area contributed by atoms with Crippen LogP contribution in [0.3, 0.4) is 0 Å². The van der Waals surface area contributed by atoms with Crippen LogP contribution in [0, 0.1) is 0 Å². The third-order valence-electron chi connectivity index (χ3n) is 2.30. The molecular formula is C13H30N2O5. The van der Waals surface area contributed by atoms with Crippen LogP contribution in [-0.2, 0) is 18.9 Å². The highest BCUT2D eigenvalue weighted by atomic mass is 16.6. The first-order chi connectivity index (χ1) is 9.77. The number of hydrogen-bond donors (Lipinski definition) is 3. The van der Waals surface area contributed by atoms with Gasteiger partial charge in [-0.1, -0.05) is 0 Å². The van der Waals surface area contributed by atoms with Gasteiger partial charge in [0.15, 0.2) is 0 Å². The number of nitrogens with one attached hydrogen (secondary N) is 2. The molecule has 0 saturated carbocycles. The predicted octanol–water partition coefficient (Wildman–Crippen LogP) is -0.800. The van der Waals surface area contributed by atoms with Gasteiger partial charge in [-0.25, -0.2) is 0 Å². The van der Waals surface area contributed by atoms with Gasteiger partial charge in [-0.3, -0.25) is 5.32 Å². The van der Waals surface area contributed by atoms with Gasteiger partial charge in [-0.15, -0.1) is 0 Å². The summed E-state index contributed by atoms with van der Waals surface area (Å²) in [5, 5.41) is 14.8. The minimum Gasteiger partial charge on any atom is -0.379 e. The molecule has 20 heavy (non-hydrogen) atoms. The van der Waals surface area contributed by atoms with E-state index < -0.39 is 6.23 Å². The smallest absolute Gasteiger partial charge is 0.102 e. The maximum Gasteiger partial charge on any atom is 0.102 e. The van der Waals surface area contributed by atoms with Crippen LogP contribution < -0.4 is 10.6 Å². The maximum absolute atomic E-state index is 8.94. The van der Waals surface area contributed by atoms with Crippen molar-refractivity contribution in [2.24, 2.45) is 0 Å². The molecule has 0 aromatic carbocycles. The summed E-state index contributed by atoms with van der Waals surface area (Å²) in [5.74, 6) is 0. The van der Waals surface area contributed by atoms with Crippen molar-refractivity contribution in [1.29, 1.82) is 0 Å². The van der Waals surface area contributed by atoms with Crippen LogP contribution in [0.2, 0.25) is 0 Å². The average molecular weight is 294 g/mol. The summed E-state index contributed by atoms with van der Waals surface area (Å²) in [6, 6.07) is 0. The van der Waals surface area contributed by atoms with E-state index in [0.717, 1.165) is 6.54 Å². The summed E-state index contributed by atoms with van der Waals surface area (Å²) in [6.45, 7) is 7.87. The van der Waals surface area contributed by atoms with Gasteiger partial charge in [0.05, 0.1) is 52.9 Å². The lowest BCUT2D eigenvalue weighted by molar-refractivity contribution is -0.00184. The molecule has 3 N–H and O–H groups in total. The molecule has 0 spiro atoms. The number of likely N-dealkylation sites (N-methyl/N-ethyl adjacent to an activating group) is 1. The fourth-order valence-electron chi connectivity index (χ4n) is 1.28. The van der Waals surface area contributed by atoms with Gasteiger partial charge in [0.25, 0.3) is 0 Å². The monoisotopic (exact) mass is 294 g/mol. The molecule has 0 bridgehead atoms. The lowest BCUT2D eigenvalue weighted by Crippen LogP contribution is -2.29. The van der Waals surface area contributed by atoms with Gasteiger partial charge in [-0.05, 0) is 14.0 Å². The van der Waals surface area contributed by atoms with Crippen LogP contribution in [0.4, 0.5) is 0 Å². The fraction of sp³-hybridized carbons (Fsp3) is 1.00. The topological polar surface area (TPSA) is 81.2 Å². The molecule has 7 nitrogen and oxygen atoms in total. The summed E-state index contributed by atoms with van der Waals surface area (Å²) < 4.78 is 21.3. The van der Waals surface area contributed by atoms with E-state index in [0.29, 0.717) is 59.4 Å². The summed E-state index contributed by atoms with van der Waals surface area (Å²) in [5.41, 5.74) is 0. The van der Waals surface area contributed by atoms with Gasteiger partial charge in [-0.2, -0.15) is 0 Å². The predicted molar refractivity (Wildman–Crippen MR) is 76.9 cm³/mol. The van der Waals surface area contributed by atoms with Crippen molar-refractivity contribution in [2.75, 3.05) is 73.0 Å². The Morgan fingerprint density at radius 2 is 1.15 bits per heavy atom. The van der Waals surface area contributed by atoms with E-state index in [9.17, 15) is 0 Å². The second-order valence-corrected chi connectivity index (χ2v) is 4.18. The molecule has 0 aromatic rings. The highest BCUT2D eigenvalue weighted by molar-refractivity contribution is 4.44. The number of aliphatic hydroxyl groups excluding tert-OH is 1. The molecule has 0 heterocycles. The van der Waals surface area contributed by atoms with Crippen LogP contribution in [0.5, 0.6) is 0 Å². The Hall–Kier alpha value is -0.280. The Bertz CT molecular complexity index is 184. The summed E-state index contributed by atoms with van der Waals surface area (Å²) >= 11 is 0. The molecule has 0 aliphatic heterocycles. The molecule has 0 saturated heterocycles. The van der Waals surface area contributed by atoms with Gasteiger partial charge >= 0.3 is 0 Å². The van der Waals surface area contributed by atoms with Crippen molar-refractivity contribution in [3.8, 4) is 0 Å². The zero-order valence-corrected chi connectivity index (χ0v) is 12.7. The Balaban J connectivity index is 2.92. The van der Waals surface area contributed by atoms with Crippen molar-refractivity contribution < 1.29 is 24.1 Å². The minimum atomic E-state index is -0.491. The Morgan fingerprint density at radius 3 is 1.55 bits per heavy atom. The third kappa shape index (κ3) is 17.7. The number of ether oxygens (including phenoxy) is 4. The zero-order chi connectivity index (χ0) is 14.9. The molecule has 0 amide bonds. The molecule has 0 radical (unpaired) electrons. The van der Waals surface area contributed by atoms with E-state index >= 15 is 0 Å². The molecule has 7 heteroatoms. The van der Waals surface area contributed by atoms with Crippen molar-refractivity contribution >= 4 is 0 Å². The standard InChI is InChI=1S/C13H30N2O5/c1-13(16)15-4-6-18-8-10-20-12-11-19-9-7-17-5-3-14-2/h13-16H,3-12H2,1-2H3. The largest absolute Gasteiger partial charge is 0.379 e. The fourth-order valence-corrected chi connectivity index (χ4v) is 1.28. The van der Waals surface area contributed by atoms with E-state index in [4.69, 9.17) is 24.1 Å². The third-order valence-corrected chi connectivity index (χ3v) is 2.30. The van der Waals surface area contributed by atoms with Gasteiger partial charge in [0.2, 0.25) is 0 Å². The van der Waals surface area contributed by atoms with E-state index in [1.807, 2.05) is 7.05 Å². The van der Waals surface area contributed by atoms with Crippen LogP contribution in [0.1, 0.15) is 6.92 Å². The lowest BCUT2D eigenvalue weighted by atomic mass is 10.6. The van der Waals surface area contributed by atoms with Crippen molar-refractivity contribution in [3.05, 3.63) is 0 Å². The molecule has 0 rings (SSSR count).